The molecule has 100 valence electrons. The summed E-state index contributed by atoms with van der Waals surface area (Å²) in [5, 5.41) is 0. The Bertz CT molecular complexity index is 667. The lowest BCUT2D eigenvalue weighted by molar-refractivity contribution is 0.627. The molecule has 19 heavy (non-hydrogen) atoms. The summed E-state index contributed by atoms with van der Waals surface area (Å²) in [6, 6.07) is 4.42. The monoisotopic (exact) mass is 324 g/mol. The molecule has 0 saturated carbocycles. The van der Waals surface area contributed by atoms with Gasteiger partial charge in [-0.25, -0.2) is 9.37 Å². The minimum Gasteiger partial charge on any atom is -0.306 e. The van der Waals surface area contributed by atoms with Gasteiger partial charge in [-0.05, 0) is 53.0 Å². The van der Waals surface area contributed by atoms with Gasteiger partial charge in [-0.3, -0.25) is 4.79 Å². The van der Waals surface area contributed by atoms with Crippen LogP contribution in [0.15, 0.2) is 27.5 Å². The van der Waals surface area contributed by atoms with Crippen molar-refractivity contribution in [2.45, 2.75) is 26.7 Å². The van der Waals surface area contributed by atoms with Crippen LogP contribution in [-0.2, 0) is 6.42 Å². The zero-order valence-electron chi connectivity index (χ0n) is 10.8. The topological polar surface area (TPSA) is 45.8 Å². The molecule has 5 heteroatoms. The first-order valence-corrected chi connectivity index (χ1v) is 6.87. The van der Waals surface area contributed by atoms with Crippen molar-refractivity contribution in [3.05, 3.63) is 50.1 Å². The Kier molecular flexibility index (Phi) is 4.14. The Hall–Kier alpha value is -1.49. The molecule has 1 heterocycles. The molecule has 1 aromatic carbocycles. The Morgan fingerprint density at radius 2 is 2.16 bits per heavy atom. The lowest BCUT2D eigenvalue weighted by Gasteiger charge is -2.08. The van der Waals surface area contributed by atoms with E-state index >= 15 is 0 Å². The molecular weight excluding hydrogens is 311 g/mol. The number of nitrogens with one attached hydrogen (secondary N) is 1. The summed E-state index contributed by atoms with van der Waals surface area (Å²) in [5.74, 6) is 0.184. The first-order valence-electron chi connectivity index (χ1n) is 6.08. The van der Waals surface area contributed by atoms with Gasteiger partial charge in [-0.2, -0.15) is 0 Å². The third-order valence-electron chi connectivity index (χ3n) is 2.86. The number of aromatic nitrogens is 2. The molecule has 0 saturated heterocycles. The van der Waals surface area contributed by atoms with Crippen molar-refractivity contribution < 1.29 is 4.39 Å². The Morgan fingerprint density at radius 1 is 1.42 bits per heavy atom. The fraction of sp³-hybridized carbons (Fsp3) is 0.286. The normalized spacial score (nSPS) is 10.7. The first kappa shape index (κ1) is 13.9. The highest BCUT2D eigenvalue weighted by Gasteiger charge is 2.11. The first-order chi connectivity index (χ1) is 9.02. The Labute approximate surface area is 119 Å². The average Bonchev–Trinajstić information content (AvgIpc) is 2.35. The third-order valence-corrected chi connectivity index (χ3v) is 3.68. The average molecular weight is 325 g/mol. The zero-order chi connectivity index (χ0) is 14.0. The molecule has 0 aliphatic heterocycles. The van der Waals surface area contributed by atoms with Crippen molar-refractivity contribution >= 4 is 15.9 Å². The van der Waals surface area contributed by atoms with Crippen LogP contribution in [0, 0.1) is 12.7 Å². The van der Waals surface area contributed by atoms with E-state index in [9.17, 15) is 9.18 Å². The maximum atomic E-state index is 13.1. The lowest BCUT2D eigenvalue weighted by atomic mass is 10.1. The van der Waals surface area contributed by atoms with Crippen LogP contribution < -0.4 is 5.56 Å². The molecule has 0 radical (unpaired) electrons. The Balaban J connectivity index is 2.59. The summed E-state index contributed by atoms with van der Waals surface area (Å²) in [6.07, 6.45) is 1.62. The highest BCUT2D eigenvalue weighted by molar-refractivity contribution is 9.10. The second kappa shape index (κ2) is 5.65. The minimum atomic E-state index is -0.297. The van der Waals surface area contributed by atoms with Gasteiger partial charge in [-0.15, -0.1) is 0 Å². The predicted octanol–water partition coefficient (Wildman–Crippen LogP) is 3.60. The zero-order valence-corrected chi connectivity index (χ0v) is 12.3. The molecule has 0 atom stereocenters. The van der Waals surface area contributed by atoms with E-state index in [1.807, 2.05) is 6.92 Å². The molecule has 2 aromatic rings. The predicted molar refractivity (Wildman–Crippen MR) is 76.7 cm³/mol. The highest BCUT2D eigenvalue weighted by Crippen LogP contribution is 2.22. The van der Waals surface area contributed by atoms with Gasteiger partial charge in [0, 0.05) is 5.56 Å². The molecule has 0 fully saturated rings. The molecule has 0 aliphatic rings. The van der Waals surface area contributed by atoms with E-state index in [1.165, 1.54) is 12.1 Å². The van der Waals surface area contributed by atoms with Crippen LogP contribution >= 0.6 is 15.9 Å². The Morgan fingerprint density at radius 3 is 2.79 bits per heavy atom. The molecule has 2 rings (SSSR count). The number of hydrogen-bond acceptors (Lipinski definition) is 2. The summed E-state index contributed by atoms with van der Waals surface area (Å²) in [4.78, 5) is 19.0. The van der Waals surface area contributed by atoms with Crippen LogP contribution in [0.2, 0.25) is 0 Å². The SMILES string of the molecule is CCCc1nc(-c2ccc(F)cc2C)[nH]c(=O)c1Br. The van der Waals surface area contributed by atoms with Crippen molar-refractivity contribution in [2.75, 3.05) is 0 Å². The minimum absolute atomic E-state index is 0.211. The second-order valence-corrected chi connectivity index (χ2v) is 5.18. The maximum Gasteiger partial charge on any atom is 0.265 e. The van der Waals surface area contributed by atoms with Crippen molar-refractivity contribution in [3.63, 3.8) is 0 Å². The van der Waals surface area contributed by atoms with E-state index in [0.29, 0.717) is 10.3 Å². The van der Waals surface area contributed by atoms with E-state index in [1.54, 1.807) is 13.0 Å². The van der Waals surface area contributed by atoms with E-state index in [0.717, 1.165) is 29.7 Å². The van der Waals surface area contributed by atoms with Gasteiger partial charge in [-0.1, -0.05) is 13.3 Å². The summed E-state index contributed by atoms with van der Waals surface area (Å²) < 4.78 is 13.6. The quantitative estimate of drug-likeness (QED) is 0.937. The van der Waals surface area contributed by atoms with E-state index < -0.39 is 0 Å². The van der Waals surface area contributed by atoms with Gasteiger partial charge in [0.15, 0.2) is 0 Å². The number of aryl methyl sites for hydroxylation is 2. The number of H-pyrrole nitrogens is 1. The molecule has 1 aromatic heterocycles. The van der Waals surface area contributed by atoms with Gasteiger partial charge in [0.05, 0.1) is 5.69 Å². The molecule has 0 amide bonds. The van der Waals surface area contributed by atoms with Crippen LogP contribution in [0.3, 0.4) is 0 Å². The molecule has 0 aliphatic carbocycles. The lowest BCUT2D eigenvalue weighted by Crippen LogP contribution is -2.14. The molecule has 3 nitrogen and oxygen atoms in total. The van der Waals surface area contributed by atoms with Crippen LogP contribution in [0.25, 0.3) is 11.4 Å². The van der Waals surface area contributed by atoms with Gasteiger partial charge in [0.25, 0.3) is 5.56 Å². The van der Waals surface area contributed by atoms with Crippen LogP contribution in [0.5, 0.6) is 0 Å². The maximum absolute atomic E-state index is 13.1. The fourth-order valence-corrected chi connectivity index (χ4v) is 2.31. The van der Waals surface area contributed by atoms with Crippen LogP contribution in [0.4, 0.5) is 4.39 Å². The third kappa shape index (κ3) is 2.92. The summed E-state index contributed by atoms with van der Waals surface area (Å²) in [5.41, 5.74) is 2.00. The number of nitrogens with zero attached hydrogens (tertiary/aromatic N) is 1. The molecule has 0 unspecified atom stereocenters. The summed E-state index contributed by atoms with van der Waals surface area (Å²) in [6.45, 7) is 3.82. The smallest absolute Gasteiger partial charge is 0.265 e. The number of aromatic amines is 1. The highest BCUT2D eigenvalue weighted by atomic mass is 79.9. The largest absolute Gasteiger partial charge is 0.306 e. The molecule has 1 N–H and O–H groups in total. The number of halogens is 2. The van der Waals surface area contributed by atoms with Crippen LogP contribution in [0.1, 0.15) is 24.6 Å². The van der Waals surface area contributed by atoms with E-state index in [-0.39, 0.29) is 11.4 Å². The number of benzene rings is 1. The summed E-state index contributed by atoms with van der Waals surface area (Å²) in [7, 11) is 0. The molecular formula is C14H14BrFN2O. The van der Waals surface area contributed by atoms with Gasteiger partial charge in [0.2, 0.25) is 0 Å². The van der Waals surface area contributed by atoms with Crippen molar-refractivity contribution in [2.24, 2.45) is 0 Å². The molecule has 0 spiro atoms. The van der Waals surface area contributed by atoms with Crippen molar-refractivity contribution in [3.8, 4) is 11.4 Å². The van der Waals surface area contributed by atoms with Crippen molar-refractivity contribution in [1.82, 2.24) is 9.97 Å². The van der Waals surface area contributed by atoms with Gasteiger partial charge < -0.3 is 4.98 Å². The molecule has 0 bridgehead atoms. The van der Waals surface area contributed by atoms with Gasteiger partial charge in [0.1, 0.15) is 16.1 Å². The van der Waals surface area contributed by atoms with E-state index in [2.05, 4.69) is 25.9 Å². The number of hydrogen-bond donors (Lipinski definition) is 1. The summed E-state index contributed by atoms with van der Waals surface area (Å²) >= 11 is 3.25. The number of rotatable bonds is 3. The van der Waals surface area contributed by atoms with Gasteiger partial charge >= 0.3 is 0 Å². The van der Waals surface area contributed by atoms with Crippen LogP contribution in [-0.4, -0.2) is 9.97 Å². The van der Waals surface area contributed by atoms with Crippen molar-refractivity contribution in [1.29, 1.82) is 0 Å². The van der Waals surface area contributed by atoms with E-state index in [4.69, 9.17) is 0 Å². The standard InChI is InChI=1S/C14H14BrFN2O/c1-3-4-11-12(15)14(19)18-13(17-11)10-6-5-9(16)7-8(10)2/h5-7H,3-4H2,1-2H3,(H,17,18,19). The second-order valence-electron chi connectivity index (χ2n) is 4.38. The fourth-order valence-electron chi connectivity index (χ4n) is 1.93.